The Morgan fingerprint density at radius 3 is 2.48 bits per heavy atom. The molecular weight excluding hydrogens is 466 g/mol. The lowest BCUT2D eigenvalue weighted by molar-refractivity contribution is -0.110. The van der Waals surface area contributed by atoms with E-state index in [9.17, 15) is 9.90 Å². The van der Waals surface area contributed by atoms with E-state index in [0.717, 1.165) is 27.9 Å². The first-order valence-corrected chi connectivity index (χ1v) is 9.94. The molecule has 1 aliphatic heterocycles. The van der Waals surface area contributed by atoms with Gasteiger partial charge in [0.25, 0.3) is 5.91 Å². The van der Waals surface area contributed by atoms with Crippen molar-refractivity contribution in [3.8, 4) is 16.9 Å². The zero-order valence-electron chi connectivity index (χ0n) is 12.7. The average molecular weight is 477 g/mol. The van der Waals surface area contributed by atoms with Crippen molar-refractivity contribution in [1.29, 1.82) is 0 Å². The van der Waals surface area contributed by atoms with Crippen molar-refractivity contribution < 1.29 is 9.90 Å². The molecule has 0 unspecified atom stereocenters. The topological polar surface area (TPSA) is 49.3 Å². The molecule has 0 saturated heterocycles. The number of halogens is 2. The molecule has 3 nitrogen and oxygen atoms in total. The summed E-state index contributed by atoms with van der Waals surface area (Å²) in [6.07, 6.45) is 1.83. The van der Waals surface area contributed by atoms with Gasteiger partial charge in [0, 0.05) is 16.8 Å². The van der Waals surface area contributed by atoms with E-state index >= 15 is 0 Å². The number of phenolic OH excluding ortho intramolecular Hbond substituents is 1. The number of nitrogens with one attached hydrogen (secondary N) is 1. The van der Waals surface area contributed by atoms with E-state index in [2.05, 4.69) is 48.6 Å². The molecule has 0 aliphatic carbocycles. The quantitative estimate of drug-likeness (QED) is 0.436. The summed E-state index contributed by atoms with van der Waals surface area (Å²) in [5.74, 6) is 0.0101. The maximum Gasteiger partial charge on any atom is 0.256 e. The SMILES string of the molecule is O=C1Nc2ccc(-c3ccsc3)cc2/C1=C/c1cc(Br)c(O)c(Br)c1. The Morgan fingerprint density at radius 2 is 1.80 bits per heavy atom. The van der Waals surface area contributed by atoms with Crippen molar-refractivity contribution in [3.05, 3.63) is 67.2 Å². The van der Waals surface area contributed by atoms with Crippen LogP contribution in [0, 0.1) is 0 Å². The van der Waals surface area contributed by atoms with Crippen LogP contribution >= 0.6 is 43.2 Å². The first kappa shape index (κ1) is 16.6. The Hall–Kier alpha value is -1.89. The second kappa shape index (κ2) is 6.44. The lowest BCUT2D eigenvalue weighted by Gasteiger charge is -2.05. The predicted molar refractivity (Wildman–Crippen MR) is 110 cm³/mol. The molecular formula is C19H11Br2NO2S. The normalized spacial score (nSPS) is 14.6. The summed E-state index contributed by atoms with van der Waals surface area (Å²) in [5.41, 5.74) is 5.34. The number of thiophene rings is 1. The molecule has 0 radical (unpaired) electrons. The van der Waals surface area contributed by atoms with Crippen LogP contribution in [-0.4, -0.2) is 11.0 Å². The van der Waals surface area contributed by atoms with Gasteiger partial charge in [0.05, 0.1) is 8.95 Å². The van der Waals surface area contributed by atoms with Crippen molar-refractivity contribution in [2.24, 2.45) is 0 Å². The molecule has 0 saturated carbocycles. The van der Waals surface area contributed by atoms with Gasteiger partial charge >= 0.3 is 0 Å². The summed E-state index contributed by atoms with van der Waals surface area (Å²) in [6, 6.07) is 11.6. The van der Waals surface area contributed by atoms with Crippen LogP contribution < -0.4 is 5.32 Å². The van der Waals surface area contributed by atoms with Crippen LogP contribution in [-0.2, 0) is 4.79 Å². The number of hydrogen-bond acceptors (Lipinski definition) is 3. The lowest BCUT2D eigenvalue weighted by Crippen LogP contribution is -2.03. The zero-order valence-corrected chi connectivity index (χ0v) is 16.7. The molecule has 0 atom stereocenters. The van der Waals surface area contributed by atoms with Crippen molar-refractivity contribution in [1.82, 2.24) is 0 Å². The Morgan fingerprint density at radius 1 is 1.04 bits per heavy atom. The number of rotatable bonds is 2. The number of aromatic hydroxyl groups is 1. The van der Waals surface area contributed by atoms with E-state index in [-0.39, 0.29) is 11.7 Å². The summed E-state index contributed by atoms with van der Waals surface area (Å²) in [5, 5.41) is 16.9. The first-order chi connectivity index (χ1) is 12.0. The van der Waals surface area contributed by atoms with Gasteiger partial charge in [-0.15, -0.1) is 0 Å². The van der Waals surface area contributed by atoms with Crippen LogP contribution in [0.3, 0.4) is 0 Å². The summed E-state index contributed by atoms with van der Waals surface area (Å²) < 4.78 is 1.14. The minimum Gasteiger partial charge on any atom is -0.506 e. The highest BCUT2D eigenvalue weighted by molar-refractivity contribution is 9.11. The number of amides is 1. The third-order valence-corrected chi connectivity index (χ3v) is 5.90. The Bertz CT molecular complexity index is 1000. The van der Waals surface area contributed by atoms with Crippen LogP contribution in [0.5, 0.6) is 5.75 Å². The molecule has 4 rings (SSSR count). The highest BCUT2D eigenvalue weighted by Gasteiger charge is 2.24. The highest BCUT2D eigenvalue weighted by Crippen LogP contribution is 2.38. The summed E-state index contributed by atoms with van der Waals surface area (Å²) >= 11 is 8.29. The molecule has 0 fully saturated rings. The number of benzene rings is 2. The fourth-order valence-corrected chi connectivity index (χ4v) is 4.66. The second-order valence-corrected chi connectivity index (χ2v) is 8.11. The fraction of sp³-hybridized carbons (Fsp3) is 0. The standard InChI is InChI=1S/C19H11Br2NO2S/c20-15-6-10(7-16(21)18(15)23)5-14-13-8-11(12-3-4-25-9-12)1-2-17(13)22-19(14)24/h1-9,23H,(H,22,24)/b14-5-. The first-order valence-electron chi connectivity index (χ1n) is 7.41. The zero-order chi connectivity index (χ0) is 17.6. The number of phenols is 1. The third kappa shape index (κ3) is 3.05. The highest BCUT2D eigenvalue weighted by atomic mass is 79.9. The monoisotopic (exact) mass is 475 g/mol. The smallest absolute Gasteiger partial charge is 0.256 e. The fourth-order valence-electron chi connectivity index (χ4n) is 2.77. The maximum atomic E-state index is 12.4. The van der Waals surface area contributed by atoms with Gasteiger partial charge in [0.1, 0.15) is 5.75 Å². The molecule has 1 aliphatic rings. The Balaban J connectivity index is 1.82. The average Bonchev–Trinajstić information content (AvgIpc) is 3.21. The van der Waals surface area contributed by atoms with E-state index in [0.29, 0.717) is 14.5 Å². The lowest BCUT2D eigenvalue weighted by atomic mass is 9.99. The molecule has 0 spiro atoms. The number of hydrogen-bond donors (Lipinski definition) is 2. The molecule has 2 heterocycles. The third-order valence-electron chi connectivity index (χ3n) is 4.01. The maximum absolute atomic E-state index is 12.4. The van der Waals surface area contributed by atoms with Crippen molar-refractivity contribution in [3.63, 3.8) is 0 Å². The summed E-state index contributed by atoms with van der Waals surface area (Å²) in [7, 11) is 0. The minimum atomic E-state index is -0.127. The summed E-state index contributed by atoms with van der Waals surface area (Å²) in [6.45, 7) is 0. The van der Waals surface area contributed by atoms with E-state index < -0.39 is 0 Å². The summed E-state index contributed by atoms with van der Waals surface area (Å²) in [4.78, 5) is 12.4. The molecule has 3 aromatic rings. The molecule has 6 heteroatoms. The molecule has 1 amide bonds. The van der Waals surface area contributed by atoms with Crippen LogP contribution in [0.1, 0.15) is 11.1 Å². The Kier molecular flexibility index (Phi) is 4.27. The number of fused-ring (bicyclic) bond motifs is 1. The van der Waals surface area contributed by atoms with Gasteiger partial charge in [-0.25, -0.2) is 0 Å². The van der Waals surface area contributed by atoms with Crippen molar-refractivity contribution in [2.45, 2.75) is 0 Å². The largest absolute Gasteiger partial charge is 0.506 e. The van der Waals surface area contributed by atoms with Gasteiger partial charge in [-0.05, 0) is 95.7 Å². The van der Waals surface area contributed by atoms with Crippen LogP contribution in [0.25, 0.3) is 22.8 Å². The molecule has 124 valence electrons. The van der Waals surface area contributed by atoms with E-state index in [1.54, 1.807) is 23.5 Å². The van der Waals surface area contributed by atoms with Gasteiger partial charge in [-0.2, -0.15) is 11.3 Å². The molecule has 25 heavy (non-hydrogen) atoms. The van der Waals surface area contributed by atoms with Gasteiger partial charge in [0.15, 0.2) is 0 Å². The van der Waals surface area contributed by atoms with Crippen LogP contribution in [0.2, 0.25) is 0 Å². The van der Waals surface area contributed by atoms with Crippen LogP contribution in [0.4, 0.5) is 5.69 Å². The van der Waals surface area contributed by atoms with Crippen molar-refractivity contribution in [2.75, 3.05) is 5.32 Å². The molecule has 0 bridgehead atoms. The van der Waals surface area contributed by atoms with E-state index in [4.69, 9.17) is 0 Å². The molecule has 1 aromatic heterocycles. The minimum absolute atomic E-state index is 0.127. The van der Waals surface area contributed by atoms with Crippen molar-refractivity contribution >= 4 is 66.4 Å². The molecule has 2 aromatic carbocycles. The van der Waals surface area contributed by atoms with Crippen LogP contribution in [0.15, 0.2) is 56.1 Å². The Labute approximate surface area is 165 Å². The predicted octanol–water partition coefficient (Wildman–Crippen LogP) is 6.14. The number of anilines is 1. The van der Waals surface area contributed by atoms with Gasteiger partial charge in [0.2, 0.25) is 0 Å². The van der Waals surface area contributed by atoms with E-state index in [1.807, 2.05) is 29.7 Å². The number of carbonyl (C=O) groups excluding carboxylic acids is 1. The van der Waals surface area contributed by atoms with E-state index in [1.165, 1.54) is 0 Å². The number of carbonyl (C=O) groups is 1. The van der Waals surface area contributed by atoms with Gasteiger partial charge in [-0.1, -0.05) is 6.07 Å². The molecule has 2 N–H and O–H groups in total. The van der Waals surface area contributed by atoms with Gasteiger partial charge in [-0.3, -0.25) is 4.79 Å². The second-order valence-electron chi connectivity index (χ2n) is 5.62. The van der Waals surface area contributed by atoms with Gasteiger partial charge < -0.3 is 10.4 Å².